The van der Waals surface area contributed by atoms with Crippen molar-refractivity contribution < 1.29 is 23.6 Å². The molecule has 0 aromatic heterocycles. The molecule has 0 radical (unpaired) electrons. The van der Waals surface area contributed by atoms with Gasteiger partial charge in [0, 0.05) is 37.7 Å². The highest BCUT2D eigenvalue weighted by Crippen LogP contribution is 2.33. The normalized spacial score (nSPS) is 28.0. The first-order chi connectivity index (χ1) is 12.9. The van der Waals surface area contributed by atoms with E-state index in [0.717, 1.165) is 4.90 Å². The summed E-state index contributed by atoms with van der Waals surface area (Å²) < 4.78 is 13.8. The van der Waals surface area contributed by atoms with Crippen molar-refractivity contribution in [3.63, 3.8) is 0 Å². The molecule has 3 aliphatic heterocycles. The van der Waals surface area contributed by atoms with E-state index in [-0.39, 0.29) is 43.1 Å². The first-order valence-corrected chi connectivity index (χ1v) is 8.87. The Bertz CT molecular complexity index is 858. The average Bonchev–Trinajstić information content (AvgIpc) is 3.14. The molecule has 2 fully saturated rings. The van der Waals surface area contributed by atoms with Crippen molar-refractivity contribution in [2.45, 2.75) is 37.5 Å². The van der Waals surface area contributed by atoms with E-state index in [2.05, 4.69) is 5.32 Å². The number of nitrogens with two attached hydrogens (primary N) is 1. The average molecular weight is 374 g/mol. The van der Waals surface area contributed by atoms with Crippen molar-refractivity contribution in [1.82, 2.24) is 10.2 Å². The highest BCUT2D eigenvalue weighted by Gasteiger charge is 2.45. The Morgan fingerprint density at radius 2 is 1.89 bits per heavy atom. The monoisotopic (exact) mass is 374 g/mol. The van der Waals surface area contributed by atoms with Crippen molar-refractivity contribution in [3.05, 3.63) is 29.3 Å². The maximum absolute atomic E-state index is 13.8. The summed E-state index contributed by atoms with van der Waals surface area (Å²) in [6.45, 7) is 0.465. The molecule has 9 heteroatoms. The van der Waals surface area contributed by atoms with E-state index in [1.807, 2.05) is 0 Å². The number of fused-ring (bicyclic) bond motifs is 1. The van der Waals surface area contributed by atoms with E-state index < -0.39 is 35.8 Å². The Balaban J connectivity index is 1.64. The number of imide groups is 2. The minimum atomic E-state index is -1.00. The van der Waals surface area contributed by atoms with Crippen molar-refractivity contribution in [1.29, 1.82) is 0 Å². The topological polar surface area (TPSA) is 113 Å². The molecule has 3 aliphatic rings. The Morgan fingerprint density at radius 1 is 1.15 bits per heavy atom. The number of nitrogens with zero attached hydrogens (tertiary/aromatic N) is 2. The lowest BCUT2D eigenvalue weighted by Gasteiger charge is -2.27. The molecule has 0 saturated carbocycles. The van der Waals surface area contributed by atoms with Crippen LogP contribution in [-0.4, -0.2) is 59.9 Å². The molecule has 4 rings (SSSR count). The van der Waals surface area contributed by atoms with Crippen molar-refractivity contribution in [2.24, 2.45) is 5.73 Å². The summed E-state index contributed by atoms with van der Waals surface area (Å²) in [6.07, 6.45) is -0.500. The molecule has 8 nitrogen and oxygen atoms in total. The molecule has 1 aromatic carbocycles. The van der Waals surface area contributed by atoms with Gasteiger partial charge in [0.1, 0.15) is 12.2 Å². The largest absolute Gasteiger partial charge is 0.364 e. The Kier molecular flexibility index (Phi) is 4.18. The predicted octanol–water partition coefficient (Wildman–Crippen LogP) is -0.0367. The molecule has 4 amide bonds. The Labute approximate surface area is 154 Å². The van der Waals surface area contributed by atoms with Crippen LogP contribution < -0.4 is 16.0 Å². The molecule has 1 unspecified atom stereocenters. The van der Waals surface area contributed by atoms with Gasteiger partial charge in [0.15, 0.2) is 0 Å². The second-order valence-electron chi connectivity index (χ2n) is 7.05. The third kappa shape index (κ3) is 2.78. The summed E-state index contributed by atoms with van der Waals surface area (Å²) in [5, 5.41) is 2.16. The zero-order valence-electron chi connectivity index (χ0n) is 14.5. The highest BCUT2D eigenvalue weighted by molar-refractivity contribution is 6.23. The molecule has 3 N–H and O–H groups in total. The first kappa shape index (κ1) is 17.6. The zero-order valence-corrected chi connectivity index (χ0v) is 14.5. The summed E-state index contributed by atoms with van der Waals surface area (Å²) in [5.41, 5.74) is 6.73. The maximum Gasteiger partial charge on any atom is 0.262 e. The van der Waals surface area contributed by atoms with E-state index in [1.54, 1.807) is 17.0 Å². The summed E-state index contributed by atoms with van der Waals surface area (Å²) in [6, 6.07) is 3.57. The van der Waals surface area contributed by atoms with Crippen LogP contribution in [0, 0.1) is 0 Å². The smallest absolute Gasteiger partial charge is 0.262 e. The van der Waals surface area contributed by atoms with Crippen LogP contribution in [0.1, 0.15) is 40.0 Å². The number of piperidine rings is 1. The van der Waals surface area contributed by atoms with Crippen LogP contribution in [0.5, 0.6) is 0 Å². The number of amides is 4. The van der Waals surface area contributed by atoms with Crippen LogP contribution in [0.25, 0.3) is 0 Å². The number of halogens is 1. The highest BCUT2D eigenvalue weighted by atomic mass is 19.1. The van der Waals surface area contributed by atoms with Crippen LogP contribution in [0.4, 0.5) is 10.1 Å². The number of rotatable bonds is 3. The number of nitrogens with one attached hydrogen (secondary N) is 1. The van der Waals surface area contributed by atoms with Gasteiger partial charge in [0.2, 0.25) is 11.8 Å². The van der Waals surface area contributed by atoms with Crippen molar-refractivity contribution in [2.75, 3.05) is 18.0 Å². The molecular weight excluding hydrogens is 355 g/mol. The van der Waals surface area contributed by atoms with E-state index in [0.29, 0.717) is 12.1 Å². The van der Waals surface area contributed by atoms with Gasteiger partial charge >= 0.3 is 0 Å². The predicted molar refractivity (Wildman–Crippen MR) is 92.8 cm³/mol. The van der Waals surface area contributed by atoms with Gasteiger partial charge in [-0.2, -0.15) is 0 Å². The minimum absolute atomic E-state index is 0.0684. The first-order valence-electron chi connectivity index (χ1n) is 8.87. The van der Waals surface area contributed by atoms with Crippen LogP contribution >= 0.6 is 0 Å². The van der Waals surface area contributed by atoms with Gasteiger partial charge in [-0.1, -0.05) is 0 Å². The lowest BCUT2D eigenvalue weighted by molar-refractivity contribution is -0.136. The lowest BCUT2D eigenvalue weighted by atomic mass is 10.0. The second kappa shape index (κ2) is 6.41. The molecule has 27 heavy (non-hydrogen) atoms. The molecule has 0 aliphatic carbocycles. The summed E-state index contributed by atoms with van der Waals surface area (Å²) in [5.74, 6) is -2.20. The van der Waals surface area contributed by atoms with Gasteiger partial charge in [0.05, 0.1) is 11.1 Å². The number of carbonyl (C=O) groups excluding carboxylic acids is 4. The fraction of sp³-hybridized carbons (Fsp3) is 0.444. The van der Waals surface area contributed by atoms with E-state index in [4.69, 9.17) is 5.73 Å². The van der Waals surface area contributed by atoms with Crippen LogP contribution in [-0.2, 0) is 9.59 Å². The molecule has 3 atom stereocenters. The molecule has 0 spiro atoms. The lowest BCUT2D eigenvalue weighted by Crippen LogP contribution is -2.54. The molecule has 0 bridgehead atoms. The number of alkyl halides is 1. The standard InChI is InChI=1S/C18H19FN4O4/c19-9-5-11(7-20)22(8-9)10-1-2-12-13(6-10)18(27)23(17(12)26)14-3-4-15(24)21-16(14)25/h1-2,6,9,11,14H,3-5,7-8,20H2,(H,21,24,25)/t9-,11-,14?/m0/s1. The zero-order chi connectivity index (χ0) is 19.3. The van der Waals surface area contributed by atoms with Gasteiger partial charge < -0.3 is 10.6 Å². The molecule has 1 aromatic rings. The summed E-state index contributed by atoms with van der Waals surface area (Å²) >= 11 is 0. The van der Waals surface area contributed by atoms with Gasteiger partial charge in [-0.05, 0) is 24.6 Å². The number of hydrogen-bond acceptors (Lipinski definition) is 6. The number of anilines is 1. The Hall–Kier alpha value is -2.81. The molecule has 2 saturated heterocycles. The number of hydrogen-bond donors (Lipinski definition) is 2. The minimum Gasteiger partial charge on any atom is -0.364 e. The van der Waals surface area contributed by atoms with E-state index >= 15 is 0 Å². The third-order valence-corrected chi connectivity index (χ3v) is 5.39. The van der Waals surface area contributed by atoms with E-state index in [1.165, 1.54) is 6.07 Å². The second-order valence-corrected chi connectivity index (χ2v) is 7.05. The molecule has 142 valence electrons. The fourth-order valence-corrected chi connectivity index (χ4v) is 4.04. The third-order valence-electron chi connectivity index (χ3n) is 5.39. The van der Waals surface area contributed by atoms with Crippen LogP contribution in [0.3, 0.4) is 0 Å². The fourth-order valence-electron chi connectivity index (χ4n) is 4.04. The molecule has 3 heterocycles. The quantitative estimate of drug-likeness (QED) is 0.718. The Morgan fingerprint density at radius 3 is 2.59 bits per heavy atom. The van der Waals surface area contributed by atoms with Gasteiger partial charge in [-0.25, -0.2) is 4.39 Å². The summed E-state index contributed by atoms with van der Waals surface area (Å²) in [4.78, 5) is 51.7. The van der Waals surface area contributed by atoms with Crippen LogP contribution in [0.2, 0.25) is 0 Å². The van der Waals surface area contributed by atoms with Crippen molar-refractivity contribution >= 4 is 29.3 Å². The summed E-state index contributed by atoms with van der Waals surface area (Å²) in [7, 11) is 0. The number of carbonyl (C=O) groups is 4. The van der Waals surface area contributed by atoms with Crippen LogP contribution in [0.15, 0.2) is 18.2 Å². The van der Waals surface area contributed by atoms with E-state index in [9.17, 15) is 23.6 Å². The van der Waals surface area contributed by atoms with Gasteiger partial charge in [-0.15, -0.1) is 0 Å². The van der Waals surface area contributed by atoms with Gasteiger partial charge in [0.25, 0.3) is 11.8 Å². The van der Waals surface area contributed by atoms with Crippen molar-refractivity contribution in [3.8, 4) is 0 Å². The maximum atomic E-state index is 13.8. The molecular formula is C18H19FN4O4. The van der Waals surface area contributed by atoms with Gasteiger partial charge in [-0.3, -0.25) is 29.4 Å². The SMILES string of the molecule is NC[C@@H]1C[C@H](F)CN1c1ccc2c(c1)C(=O)N(C1CCC(=O)NC1=O)C2=O. The number of benzene rings is 1.